The van der Waals surface area contributed by atoms with Gasteiger partial charge in [0.2, 0.25) is 11.8 Å². The van der Waals surface area contributed by atoms with E-state index in [1.807, 2.05) is 37.3 Å². The molecule has 1 saturated carbocycles. The van der Waals surface area contributed by atoms with E-state index in [2.05, 4.69) is 26.1 Å². The zero-order valence-corrected chi connectivity index (χ0v) is 18.1. The monoisotopic (exact) mass is 475 g/mol. The Bertz CT molecular complexity index is 1020. The first-order valence-electron chi connectivity index (χ1n) is 9.26. The Hall–Kier alpha value is -2.38. The molecule has 2 aromatic carbocycles. The van der Waals surface area contributed by atoms with Crippen LogP contribution >= 0.6 is 27.5 Å². The lowest BCUT2D eigenvalue weighted by Gasteiger charge is -2.21. The van der Waals surface area contributed by atoms with Gasteiger partial charge in [-0.05, 0) is 77.7 Å². The van der Waals surface area contributed by atoms with Crippen molar-refractivity contribution >= 4 is 33.4 Å². The second-order valence-corrected chi connectivity index (χ2v) is 8.27. The Morgan fingerprint density at radius 1 is 1.24 bits per heavy atom. The van der Waals surface area contributed by atoms with Crippen LogP contribution in [0.4, 0.5) is 0 Å². The predicted molar refractivity (Wildman–Crippen MR) is 113 cm³/mol. The summed E-state index contributed by atoms with van der Waals surface area (Å²) in [5, 5.41) is 8.82. The molecule has 150 valence electrons. The van der Waals surface area contributed by atoms with Crippen molar-refractivity contribution in [3.8, 4) is 17.2 Å². The Morgan fingerprint density at radius 3 is 2.69 bits per heavy atom. The Labute approximate surface area is 182 Å². The molecule has 0 radical (unpaired) electrons. The fraction of sp³-hybridized carbons (Fsp3) is 0.286. The number of amides is 1. The number of halogens is 2. The zero-order valence-electron chi connectivity index (χ0n) is 15.8. The summed E-state index contributed by atoms with van der Waals surface area (Å²) in [5.41, 5.74) is 1.90. The standard InChI is InChI=1S/C21H19BrClN3O3/c1-13-2-9-18(17(22)10-13)28-12-20(27)26(16-7-8-16)11-19-24-25-21(29-19)14-3-5-15(23)6-4-14/h2-6,9-10,16H,7-8,11-12H2,1H3. The molecule has 0 bridgehead atoms. The average Bonchev–Trinajstić information content (AvgIpc) is 3.43. The first kappa shape index (κ1) is 19.9. The fourth-order valence-corrected chi connectivity index (χ4v) is 3.66. The Morgan fingerprint density at radius 2 is 2.00 bits per heavy atom. The lowest BCUT2D eigenvalue weighted by molar-refractivity contribution is -0.134. The van der Waals surface area contributed by atoms with Gasteiger partial charge in [0.1, 0.15) is 5.75 Å². The second-order valence-electron chi connectivity index (χ2n) is 6.98. The maximum Gasteiger partial charge on any atom is 0.261 e. The minimum absolute atomic E-state index is 0.0453. The summed E-state index contributed by atoms with van der Waals surface area (Å²) in [6.45, 7) is 2.22. The number of rotatable bonds is 7. The van der Waals surface area contributed by atoms with E-state index >= 15 is 0 Å². The van der Waals surface area contributed by atoms with Crippen LogP contribution in [-0.4, -0.2) is 33.7 Å². The van der Waals surface area contributed by atoms with Crippen molar-refractivity contribution < 1.29 is 13.9 Å². The van der Waals surface area contributed by atoms with Gasteiger partial charge in [-0.2, -0.15) is 0 Å². The van der Waals surface area contributed by atoms with Crippen molar-refractivity contribution in [2.24, 2.45) is 0 Å². The van der Waals surface area contributed by atoms with E-state index in [0.29, 0.717) is 22.6 Å². The first-order valence-corrected chi connectivity index (χ1v) is 10.4. The van der Waals surface area contributed by atoms with Crippen LogP contribution in [0.3, 0.4) is 0 Å². The van der Waals surface area contributed by atoms with Gasteiger partial charge in [-0.1, -0.05) is 17.7 Å². The van der Waals surface area contributed by atoms with Crippen LogP contribution in [0.1, 0.15) is 24.3 Å². The van der Waals surface area contributed by atoms with Crippen LogP contribution in [0.25, 0.3) is 11.5 Å². The van der Waals surface area contributed by atoms with E-state index in [1.165, 1.54) is 0 Å². The average molecular weight is 477 g/mol. The summed E-state index contributed by atoms with van der Waals surface area (Å²) in [6.07, 6.45) is 1.94. The number of aryl methyl sites for hydroxylation is 1. The quantitative estimate of drug-likeness (QED) is 0.478. The fourth-order valence-electron chi connectivity index (χ4n) is 2.92. The molecule has 0 saturated heterocycles. The molecule has 1 fully saturated rings. The first-order chi connectivity index (χ1) is 14.0. The summed E-state index contributed by atoms with van der Waals surface area (Å²) >= 11 is 9.38. The second kappa shape index (κ2) is 8.55. The third kappa shape index (κ3) is 4.97. The highest BCUT2D eigenvalue weighted by Gasteiger charge is 2.34. The molecule has 1 aromatic heterocycles. The molecular formula is C21H19BrClN3O3. The zero-order chi connectivity index (χ0) is 20.4. The molecule has 0 N–H and O–H groups in total. The van der Waals surface area contributed by atoms with E-state index < -0.39 is 0 Å². The summed E-state index contributed by atoms with van der Waals surface area (Å²) in [4.78, 5) is 14.5. The number of ether oxygens (including phenoxy) is 1. The summed E-state index contributed by atoms with van der Waals surface area (Å²) in [6, 6.07) is 13.1. The van der Waals surface area contributed by atoms with Gasteiger partial charge in [0.15, 0.2) is 6.61 Å². The van der Waals surface area contributed by atoms with Crippen molar-refractivity contribution in [2.45, 2.75) is 32.4 Å². The van der Waals surface area contributed by atoms with Gasteiger partial charge in [-0.15, -0.1) is 10.2 Å². The highest BCUT2D eigenvalue weighted by molar-refractivity contribution is 9.10. The largest absolute Gasteiger partial charge is 0.483 e. The van der Waals surface area contributed by atoms with Crippen LogP contribution in [0.15, 0.2) is 51.4 Å². The SMILES string of the molecule is Cc1ccc(OCC(=O)N(Cc2nnc(-c3ccc(Cl)cc3)o2)C2CC2)c(Br)c1. The number of hydrogen-bond acceptors (Lipinski definition) is 5. The maximum atomic E-state index is 12.8. The van der Waals surface area contributed by atoms with Gasteiger partial charge in [-0.3, -0.25) is 4.79 Å². The van der Waals surface area contributed by atoms with Crippen LogP contribution < -0.4 is 4.74 Å². The van der Waals surface area contributed by atoms with Gasteiger partial charge in [0, 0.05) is 16.6 Å². The van der Waals surface area contributed by atoms with Gasteiger partial charge >= 0.3 is 0 Å². The molecule has 1 aliphatic carbocycles. The van der Waals surface area contributed by atoms with E-state index in [4.69, 9.17) is 20.8 Å². The minimum atomic E-state index is -0.105. The molecule has 1 amide bonds. The summed E-state index contributed by atoms with van der Waals surface area (Å²) in [5.74, 6) is 1.33. The van der Waals surface area contributed by atoms with E-state index in [9.17, 15) is 4.79 Å². The molecule has 0 unspecified atom stereocenters. The normalized spacial score (nSPS) is 13.3. The molecular weight excluding hydrogens is 458 g/mol. The molecule has 0 aliphatic heterocycles. The van der Waals surface area contributed by atoms with Gasteiger partial charge in [0.25, 0.3) is 5.91 Å². The van der Waals surface area contributed by atoms with Gasteiger partial charge < -0.3 is 14.1 Å². The third-order valence-electron chi connectivity index (χ3n) is 4.61. The van der Waals surface area contributed by atoms with Crippen LogP contribution in [-0.2, 0) is 11.3 Å². The lowest BCUT2D eigenvalue weighted by Crippen LogP contribution is -2.36. The van der Waals surface area contributed by atoms with Crippen molar-refractivity contribution in [1.29, 1.82) is 0 Å². The molecule has 6 nitrogen and oxygen atoms in total. The number of aromatic nitrogens is 2. The van der Waals surface area contributed by atoms with Crippen LogP contribution in [0.2, 0.25) is 5.02 Å². The number of benzene rings is 2. The topological polar surface area (TPSA) is 68.5 Å². The predicted octanol–water partition coefficient (Wildman–Crippen LogP) is 5.03. The maximum absolute atomic E-state index is 12.8. The minimum Gasteiger partial charge on any atom is -0.483 e. The van der Waals surface area contributed by atoms with Crippen molar-refractivity contribution in [3.63, 3.8) is 0 Å². The van der Waals surface area contributed by atoms with E-state index in [0.717, 1.165) is 28.4 Å². The molecule has 1 heterocycles. The molecule has 1 aliphatic rings. The van der Waals surface area contributed by atoms with Crippen molar-refractivity contribution in [1.82, 2.24) is 15.1 Å². The van der Waals surface area contributed by atoms with Crippen LogP contribution in [0.5, 0.6) is 5.75 Å². The highest BCUT2D eigenvalue weighted by atomic mass is 79.9. The van der Waals surface area contributed by atoms with Gasteiger partial charge in [-0.25, -0.2) is 0 Å². The van der Waals surface area contributed by atoms with E-state index in [1.54, 1.807) is 17.0 Å². The van der Waals surface area contributed by atoms with Crippen LogP contribution in [0, 0.1) is 6.92 Å². The lowest BCUT2D eigenvalue weighted by atomic mass is 10.2. The molecule has 0 atom stereocenters. The molecule has 3 aromatic rings. The van der Waals surface area contributed by atoms with Crippen molar-refractivity contribution in [3.05, 3.63) is 63.4 Å². The third-order valence-corrected chi connectivity index (χ3v) is 5.48. The number of carbonyl (C=O) groups excluding carboxylic acids is 1. The molecule has 29 heavy (non-hydrogen) atoms. The number of hydrogen-bond donors (Lipinski definition) is 0. The molecule has 8 heteroatoms. The molecule has 4 rings (SSSR count). The van der Waals surface area contributed by atoms with E-state index in [-0.39, 0.29) is 25.1 Å². The molecule has 0 spiro atoms. The smallest absolute Gasteiger partial charge is 0.261 e. The Balaban J connectivity index is 1.41. The van der Waals surface area contributed by atoms with Crippen molar-refractivity contribution in [2.75, 3.05) is 6.61 Å². The highest BCUT2D eigenvalue weighted by Crippen LogP contribution is 2.30. The summed E-state index contributed by atoms with van der Waals surface area (Å²) < 4.78 is 12.3. The number of nitrogens with zero attached hydrogens (tertiary/aromatic N) is 3. The number of carbonyl (C=O) groups is 1. The Kier molecular flexibility index (Phi) is 5.87. The van der Waals surface area contributed by atoms with Gasteiger partial charge in [0.05, 0.1) is 11.0 Å². The summed E-state index contributed by atoms with van der Waals surface area (Å²) in [7, 11) is 0.